The van der Waals surface area contributed by atoms with E-state index in [0.717, 1.165) is 0 Å². The first-order valence-corrected chi connectivity index (χ1v) is 7.05. The van der Waals surface area contributed by atoms with Gasteiger partial charge in [-0.3, -0.25) is 0 Å². The molecule has 0 unspecified atom stereocenters. The molecule has 4 N–H and O–H groups in total. The number of hydrogen-bond acceptors (Lipinski definition) is 5. The molecule has 20 heavy (non-hydrogen) atoms. The third-order valence-corrected chi connectivity index (χ3v) is 3.42. The zero-order valence-corrected chi connectivity index (χ0v) is 11.1. The van der Waals surface area contributed by atoms with Crippen LogP contribution in [0.4, 0.5) is 5.69 Å². The van der Waals surface area contributed by atoms with E-state index >= 15 is 0 Å². The van der Waals surface area contributed by atoms with Gasteiger partial charge in [0.2, 0.25) is 10.0 Å². The number of nitrogens with two attached hydrogens (primary N) is 2. The van der Waals surface area contributed by atoms with Crippen LogP contribution in [0.25, 0.3) is 0 Å². The van der Waals surface area contributed by atoms with Gasteiger partial charge in [-0.25, -0.2) is 13.6 Å². The van der Waals surface area contributed by atoms with Crippen molar-refractivity contribution in [3.63, 3.8) is 0 Å². The van der Waals surface area contributed by atoms with Gasteiger partial charge >= 0.3 is 0 Å². The van der Waals surface area contributed by atoms with Gasteiger partial charge in [0.05, 0.1) is 22.2 Å². The summed E-state index contributed by atoms with van der Waals surface area (Å²) < 4.78 is 28.1. The first-order valence-electron chi connectivity index (χ1n) is 5.50. The Bertz CT molecular complexity index is 795. The number of nitrogen functional groups attached to an aromatic ring is 1. The van der Waals surface area contributed by atoms with Crippen molar-refractivity contribution in [1.29, 1.82) is 5.26 Å². The molecule has 0 bridgehead atoms. The number of nitrogens with zero attached hydrogens (tertiary/aromatic N) is 1. The molecule has 0 heterocycles. The minimum absolute atomic E-state index is 0.0989. The third kappa shape index (κ3) is 3.06. The highest BCUT2D eigenvalue weighted by Crippen LogP contribution is 2.29. The molecule has 0 saturated heterocycles. The molecule has 7 heteroatoms. The van der Waals surface area contributed by atoms with Gasteiger partial charge in [-0.05, 0) is 30.3 Å². The van der Waals surface area contributed by atoms with Crippen molar-refractivity contribution >= 4 is 15.7 Å². The van der Waals surface area contributed by atoms with Crippen molar-refractivity contribution in [2.75, 3.05) is 5.73 Å². The van der Waals surface area contributed by atoms with E-state index in [1.54, 1.807) is 18.2 Å². The number of primary sulfonamides is 1. The Morgan fingerprint density at radius 1 is 1.15 bits per heavy atom. The van der Waals surface area contributed by atoms with Crippen LogP contribution in [0.3, 0.4) is 0 Å². The minimum atomic E-state index is -3.84. The number of sulfonamides is 1. The zero-order valence-electron chi connectivity index (χ0n) is 10.3. The summed E-state index contributed by atoms with van der Waals surface area (Å²) in [5, 5.41) is 13.9. The maximum atomic E-state index is 11.3. The minimum Gasteiger partial charge on any atom is -0.455 e. The van der Waals surface area contributed by atoms with Crippen molar-refractivity contribution in [3.8, 4) is 17.6 Å². The highest BCUT2D eigenvalue weighted by Gasteiger charge is 2.12. The largest absolute Gasteiger partial charge is 0.455 e. The fourth-order valence-corrected chi connectivity index (χ4v) is 2.07. The predicted molar refractivity (Wildman–Crippen MR) is 73.5 cm³/mol. The van der Waals surface area contributed by atoms with E-state index in [0.29, 0.717) is 11.3 Å². The Morgan fingerprint density at radius 3 is 2.55 bits per heavy atom. The van der Waals surface area contributed by atoms with Crippen LogP contribution in [0, 0.1) is 11.3 Å². The number of hydrogen-bond donors (Lipinski definition) is 2. The van der Waals surface area contributed by atoms with Gasteiger partial charge in [0, 0.05) is 6.07 Å². The van der Waals surface area contributed by atoms with Crippen LogP contribution < -0.4 is 15.6 Å². The number of rotatable bonds is 3. The lowest BCUT2D eigenvalue weighted by molar-refractivity contribution is 0.483. The maximum Gasteiger partial charge on any atom is 0.238 e. The lowest BCUT2D eigenvalue weighted by Crippen LogP contribution is -2.12. The van der Waals surface area contributed by atoms with Crippen LogP contribution in [-0.4, -0.2) is 8.42 Å². The highest BCUT2D eigenvalue weighted by molar-refractivity contribution is 7.89. The fourth-order valence-electron chi connectivity index (χ4n) is 1.54. The number of nitriles is 1. The Kier molecular flexibility index (Phi) is 3.61. The van der Waals surface area contributed by atoms with Gasteiger partial charge < -0.3 is 10.5 Å². The summed E-state index contributed by atoms with van der Waals surface area (Å²) >= 11 is 0. The number of ether oxygens (including phenoxy) is 1. The molecule has 0 spiro atoms. The molecule has 0 saturated carbocycles. The molecular weight excluding hydrogens is 278 g/mol. The van der Waals surface area contributed by atoms with Crippen LogP contribution >= 0.6 is 0 Å². The molecule has 0 aliphatic carbocycles. The molecule has 0 aliphatic rings. The van der Waals surface area contributed by atoms with Crippen molar-refractivity contribution in [3.05, 3.63) is 48.0 Å². The molecule has 0 radical (unpaired) electrons. The van der Waals surface area contributed by atoms with Crippen molar-refractivity contribution in [2.45, 2.75) is 4.90 Å². The van der Waals surface area contributed by atoms with Gasteiger partial charge in [0.1, 0.15) is 5.75 Å². The Morgan fingerprint density at radius 2 is 1.90 bits per heavy atom. The summed E-state index contributed by atoms with van der Waals surface area (Å²) in [6.45, 7) is 0. The Balaban J connectivity index is 2.40. The predicted octanol–water partition coefficient (Wildman–Crippen LogP) is 1.58. The molecule has 0 aromatic heterocycles. The smallest absolute Gasteiger partial charge is 0.238 e. The molecular formula is C13H11N3O3S. The average Bonchev–Trinajstić information content (AvgIpc) is 2.40. The normalized spacial score (nSPS) is 10.8. The summed E-state index contributed by atoms with van der Waals surface area (Å²) in [6.07, 6.45) is 0. The lowest BCUT2D eigenvalue weighted by Gasteiger charge is -2.10. The molecule has 0 amide bonds. The second-order valence-electron chi connectivity index (χ2n) is 3.99. The second kappa shape index (κ2) is 5.21. The van der Waals surface area contributed by atoms with Crippen LogP contribution in [0.2, 0.25) is 0 Å². The van der Waals surface area contributed by atoms with Crippen LogP contribution in [0.5, 0.6) is 11.5 Å². The molecule has 2 rings (SSSR count). The van der Waals surface area contributed by atoms with Crippen molar-refractivity contribution < 1.29 is 13.2 Å². The van der Waals surface area contributed by atoms with Gasteiger partial charge in [0.15, 0.2) is 5.75 Å². The van der Waals surface area contributed by atoms with E-state index in [-0.39, 0.29) is 16.3 Å². The first kappa shape index (κ1) is 13.9. The maximum absolute atomic E-state index is 11.3. The lowest BCUT2D eigenvalue weighted by atomic mass is 10.2. The molecule has 102 valence electrons. The van der Waals surface area contributed by atoms with Gasteiger partial charge in [-0.15, -0.1) is 0 Å². The summed E-state index contributed by atoms with van der Waals surface area (Å²) in [6, 6.07) is 12.3. The van der Waals surface area contributed by atoms with Crippen LogP contribution in [-0.2, 0) is 10.0 Å². The van der Waals surface area contributed by atoms with Crippen molar-refractivity contribution in [2.24, 2.45) is 5.14 Å². The van der Waals surface area contributed by atoms with E-state index in [2.05, 4.69) is 0 Å². The second-order valence-corrected chi connectivity index (χ2v) is 5.55. The highest BCUT2D eigenvalue weighted by atomic mass is 32.2. The standard InChI is InChI=1S/C13H11N3O3S/c14-8-9-2-1-3-10(6-9)19-13-7-11(20(16,17)18)4-5-12(13)15/h1-7H,15H2,(H2,16,17,18). The molecule has 2 aromatic rings. The molecule has 2 aromatic carbocycles. The van der Waals surface area contributed by atoms with Crippen LogP contribution in [0.1, 0.15) is 5.56 Å². The molecule has 0 atom stereocenters. The summed E-state index contributed by atoms with van der Waals surface area (Å²) in [5.74, 6) is 0.536. The SMILES string of the molecule is N#Cc1cccc(Oc2cc(S(N)(=O)=O)ccc2N)c1. The van der Waals surface area contributed by atoms with Gasteiger partial charge in [-0.1, -0.05) is 6.07 Å². The fraction of sp³-hybridized carbons (Fsp3) is 0. The van der Waals surface area contributed by atoms with E-state index in [1.165, 1.54) is 24.3 Å². The topological polar surface area (TPSA) is 119 Å². The van der Waals surface area contributed by atoms with Gasteiger partial charge in [-0.2, -0.15) is 5.26 Å². The van der Waals surface area contributed by atoms with E-state index in [4.69, 9.17) is 20.9 Å². The molecule has 6 nitrogen and oxygen atoms in total. The zero-order chi connectivity index (χ0) is 14.8. The van der Waals surface area contributed by atoms with Crippen LogP contribution in [0.15, 0.2) is 47.4 Å². The Hall–Kier alpha value is -2.56. The quantitative estimate of drug-likeness (QED) is 0.831. The van der Waals surface area contributed by atoms with Crippen molar-refractivity contribution in [1.82, 2.24) is 0 Å². The molecule has 0 fully saturated rings. The van der Waals surface area contributed by atoms with E-state index < -0.39 is 10.0 Å². The van der Waals surface area contributed by atoms with E-state index in [1.807, 2.05) is 6.07 Å². The monoisotopic (exact) mass is 289 g/mol. The summed E-state index contributed by atoms with van der Waals surface area (Å²) in [7, 11) is -3.84. The summed E-state index contributed by atoms with van der Waals surface area (Å²) in [4.78, 5) is -0.0989. The average molecular weight is 289 g/mol. The number of anilines is 1. The third-order valence-electron chi connectivity index (χ3n) is 2.50. The number of benzene rings is 2. The molecule has 0 aliphatic heterocycles. The van der Waals surface area contributed by atoms with E-state index in [9.17, 15) is 8.42 Å². The summed E-state index contributed by atoms with van der Waals surface area (Å²) in [5.41, 5.74) is 6.41. The first-order chi connectivity index (χ1) is 9.40. The Labute approximate surface area is 116 Å². The van der Waals surface area contributed by atoms with Gasteiger partial charge in [0.25, 0.3) is 0 Å².